The van der Waals surface area contributed by atoms with Gasteiger partial charge in [-0.2, -0.15) is 8.42 Å². The summed E-state index contributed by atoms with van der Waals surface area (Å²) in [5.74, 6) is 0.296. The Hall–Kier alpha value is -0.920. The van der Waals surface area contributed by atoms with Gasteiger partial charge in [0, 0.05) is 6.42 Å². The standard InChI is InChI=1S/C19H32O10S/c1-10-7-12(20)8-19(3,4)13(10)6-5-11(2)28-18-17(23)16(22)15(21)14(29-18)9-27-30(24,25)26/h7,11,13-18,21-23H,5-6,8-9H2,1-4H3,(H,24,25,26)/t11-,13+,14?,15?,16?,17?,18?/m1/s1. The molecule has 174 valence electrons. The molecule has 30 heavy (non-hydrogen) atoms. The van der Waals surface area contributed by atoms with E-state index in [0.717, 1.165) is 12.0 Å². The minimum Gasteiger partial charge on any atom is -0.387 e. The van der Waals surface area contributed by atoms with Crippen molar-refractivity contribution in [3.63, 3.8) is 0 Å². The van der Waals surface area contributed by atoms with Gasteiger partial charge in [0.05, 0.1) is 12.7 Å². The van der Waals surface area contributed by atoms with Crippen molar-refractivity contribution in [3.05, 3.63) is 11.6 Å². The number of hydrogen-bond donors (Lipinski definition) is 4. The van der Waals surface area contributed by atoms with E-state index in [1.54, 1.807) is 13.0 Å². The van der Waals surface area contributed by atoms with E-state index in [2.05, 4.69) is 4.18 Å². The number of allylic oxidation sites excluding steroid dienone is 2. The molecule has 0 saturated carbocycles. The Morgan fingerprint density at radius 1 is 1.23 bits per heavy atom. The highest BCUT2D eigenvalue weighted by atomic mass is 32.3. The topological polar surface area (TPSA) is 160 Å². The van der Waals surface area contributed by atoms with Crippen LogP contribution in [0.5, 0.6) is 0 Å². The van der Waals surface area contributed by atoms with E-state index in [9.17, 15) is 28.5 Å². The third-order valence-electron chi connectivity index (χ3n) is 5.79. The zero-order valence-corrected chi connectivity index (χ0v) is 18.4. The van der Waals surface area contributed by atoms with E-state index < -0.39 is 53.8 Å². The van der Waals surface area contributed by atoms with Crippen molar-refractivity contribution in [1.29, 1.82) is 0 Å². The van der Waals surface area contributed by atoms with E-state index in [-0.39, 0.29) is 17.1 Å². The second-order valence-electron chi connectivity index (χ2n) is 8.82. The van der Waals surface area contributed by atoms with E-state index in [4.69, 9.17) is 14.0 Å². The zero-order valence-electron chi connectivity index (χ0n) is 17.6. The maximum atomic E-state index is 11.8. The minimum atomic E-state index is -4.77. The van der Waals surface area contributed by atoms with Crippen molar-refractivity contribution in [1.82, 2.24) is 0 Å². The molecule has 10 nitrogen and oxygen atoms in total. The summed E-state index contributed by atoms with van der Waals surface area (Å²) in [5, 5.41) is 30.1. The van der Waals surface area contributed by atoms with Gasteiger partial charge < -0.3 is 24.8 Å². The fraction of sp³-hybridized carbons (Fsp3) is 0.842. The lowest BCUT2D eigenvalue weighted by atomic mass is 9.66. The summed E-state index contributed by atoms with van der Waals surface area (Å²) in [6, 6.07) is 0. The molecule has 1 heterocycles. The van der Waals surface area contributed by atoms with E-state index in [0.29, 0.717) is 12.8 Å². The summed E-state index contributed by atoms with van der Waals surface area (Å²) in [6.07, 6.45) is -4.47. The van der Waals surface area contributed by atoms with Crippen molar-refractivity contribution in [2.24, 2.45) is 11.3 Å². The molecular weight excluding hydrogens is 420 g/mol. The van der Waals surface area contributed by atoms with Gasteiger partial charge in [-0.05, 0) is 44.1 Å². The lowest BCUT2D eigenvalue weighted by Gasteiger charge is -2.41. The fourth-order valence-electron chi connectivity index (χ4n) is 4.23. The SMILES string of the molecule is CC1=CC(=O)CC(C)(C)[C@H]1CC[C@@H](C)OC1OC(COS(=O)(=O)O)C(O)C(O)C1O. The van der Waals surface area contributed by atoms with Gasteiger partial charge in [0.1, 0.15) is 24.4 Å². The second kappa shape index (κ2) is 9.70. The highest BCUT2D eigenvalue weighted by Gasteiger charge is 2.45. The largest absolute Gasteiger partial charge is 0.397 e. The molecule has 1 aliphatic carbocycles. The molecule has 0 amide bonds. The molecule has 0 spiro atoms. The summed E-state index contributed by atoms with van der Waals surface area (Å²) >= 11 is 0. The molecule has 7 atom stereocenters. The van der Waals surface area contributed by atoms with Crippen molar-refractivity contribution in [2.75, 3.05) is 6.61 Å². The van der Waals surface area contributed by atoms with Crippen LogP contribution in [0.4, 0.5) is 0 Å². The molecule has 4 N–H and O–H groups in total. The zero-order chi connectivity index (χ0) is 22.9. The average Bonchev–Trinajstić information content (AvgIpc) is 2.58. The third-order valence-corrected chi connectivity index (χ3v) is 6.22. The van der Waals surface area contributed by atoms with Crippen LogP contribution in [0.1, 0.15) is 47.0 Å². The first-order valence-corrected chi connectivity index (χ1v) is 11.3. The highest BCUT2D eigenvalue weighted by Crippen LogP contribution is 2.42. The van der Waals surface area contributed by atoms with Gasteiger partial charge in [0.25, 0.3) is 0 Å². The van der Waals surface area contributed by atoms with Crippen molar-refractivity contribution in [2.45, 2.75) is 83.8 Å². The quantitative estimate of drug-likeness (QED) is 0.379. The second-order valence-corrected chi connectivity index (χ2v) is 9.91. The Labute approximate surface area is 176 Å². The first-order valence-electron chi connectivity index (χ1n) is 9.89. The molecule has 1 saturated heterocycles. The molecular formula is C19H32O10S. The van der Waals surface area contributed by atoms with E-state index in [1.165, 1.54) is 0 Å². The first-order chi connectivity index (χ1) is 13.7. The summed E-state index contributed by atoms with van der Waals surface area (Å²) in [5.41, 5.74) is 0.827. The summed E-state index contributed by atoms with van der Waals surface area (Å²) in [7, 11) is -4.77. The Balaban J connectivity index is 1.96. The number of hydrogen-bond acceptors (Lipinski definition) is 9. The lowest BCUT2D eigenvalue weighted by molar-refractivity contribution is -0.309. The van der Waals surface area contributed by atoms with Crippen molar-refractivity contribution < 1.29 is 46.7 Å². The molecule has 0 bridgehead atoms. The van der Waals surface area contributed by atoms with Gasteiger partial charge in [-0.15, -0.1) is 0 Å². The van der Waals surface area contributed by atoms with Crippen LogP contribution in [0.25, 0.3) is 0 Å². The van der Waals surface area contributed by atoms with Gasteiger partial charge >= 0.3 is 10.4 Å². The molecule has 0 aromatic rings. The maximum Gasteiger partial charge on any atom is 0.397 e. The number of carbonyl (C=O) groups excluding carboxylic acids is 1. The molecule has 2 aliphatic rings. The van der Waals surface area contributed by atoms with Crippen LogP contribution in [0, 0.1) is 11.3 Å². The summed E-state index contributed by atoms with van der Waals surface area (Å²) < 4.78 is 45.5. The van der Waals surface area contributed by atoms with E-state index in [1.807, 2.05) is 20.8 Å². The van der Waals surface area contributed by atoms with Crippen LogP contribution in [0.2, 0.25) is 0 Å². The monoisotopic (exact) mass is 452 g/mol. The molecule has 1 aliphatic heterocycles. The smallest absolute Gasteiger partial charge is 0.387 e. The molecule has 5 unspecified atom stereocenters. The molecule has 1 fully saturated rings. The number of ether oxygens (including phenoxy) is 2. The Morgan fingerprint density at radius 3 is 2.43 bits per heavy atom. The normalized spacial score (nSPS) is 35.7. The predicted molar refractivity (Wildman–Crippen MR) is 105 cm³/mol. The number of aliphatic hydroxyl groups excluding tert-OH is 3. The number of rotatable bonds is 8. The Bertz CT molecular complexity index is 746. The van der Waals surface area contributed by atoms with Crippen LogP contribution in [-0.4, -0.2) is 77.5 Å². The molecule has 11 heteroatoms. The van der Waals surface area contributed by atoms with Gasteiger partial charge in [-0.1, -0.05) is 19.4 Å². The fourth-order valence-corrected chi connectivity index (χ4v) is 4.54. The van der Waals surface area contributed by atoms with Gasteiger partial charge in [0.15, 0.2) is 12.1 Å². The molecule has 2 rings (SSSR count). The molecule has 0 radical (unpaired) electrons. The minimum absolute atomic E-state index is 0.113. The van der Waals surface area contributed by atoms with Gasteiger partial charge in [-0.25, -0.2) is 4.18 Å². The maximum absolute atomic E-state index is 11.8. The number of aliphatic hydroxyl groups is 3. The van der Waals surface area contributed by atoms with Crippen LogP contribution >= 0.6 is 0 Å². The van der Waals surface area contributed by atoms with Crippen molar-refractivity contribution in [3.8, 4) is 0 Å². The third kappa shape index (κ3) is 6.54. The summed E-state index contributed by atoms with van der Waals surface area (Å²) in [4.78, 5) is 11.8. The molecule has 0 aromatic carbocycles. The van der Waals surface area contributed by atoms with Crippen LogP contribution in [-0.2, 0) is 28.9 Å². The predicted octanol–water partition coefficient (Wildman–Crippen LogP) is 0.360. The first kappa shape index (κ1) is 25.3. The van der Waals surface area contributed by atoms with Crippen LogP contribution in [0.15, 0.2) is 11.6 Å². The average molecular weight is 453 g/mol. The van der Waals surface area contributed by atoms with E-state index >= 15 is 0 Å². The number of ketones is 1. The van der Waals surface area contributed by atoms with Gasteiger partial charge in [0.2, 0.25) is 0 Å². The highest BCUT2D eigenvalue weighted by molar-refractivity contribution is 7.80. The van der Waals surface area contributed by atoms with Crippen LogP contribution in [0.3, 0.4) is 0 Å². The Kier molecular flexibility index (Phi) is 8.19. The van der Waals surface area contributed by atoms with Crippen LogP contribution < -0.4 is 0 Å². The molecule has 0 aromatic heterocycles. The summed E-state index contributed by atoms with van der Waals surface area (Å²) in [6.45, 7) is 7.02. The Morgan fingerprint density at radius 2 is 1.87 bits per heavy atom. The lowest BCUT2D eigenvalue weighted by Crippen LogP contribution is -2.59. The van der Waals surface area contributed by atoms with Gasteiger partial charge in [-0.3, -0.25) is 9.35 Å². The van der Waals surface area contributed by atoms with Crippen molar-refractivity contribution >= 4 is 16.2 Å². The number of carbonyl (C=O) groups is 1.